The number of hydrogen-bond acceptors (Lipinski definition) is 9. The molecular weight excluding hydrogens is 610 g/mol. The zero-order valence-electron chi connectivity index (χ0n) is 27.5. The highest BCUT2D eigenvalue weighted by Crippen LogP contribution is 2.28. The standard InChI is InChI=1S/C33H45N5O9/c1-32(2,3)46-30(44)35-17-22(39)16-25-29(43)36-23(27(34)41)13-18-8-7-9-19(12-18)20-10-11-26(40)21(14-20)15-24(28(42)37-25)38-31(45)47-33(4,5)6/h7-12,14,22-25,39-40H,13,15-17H2,1-6H3,(H2,34,41)(H,35,44)(H,36,43)(H,37,42)(H,38,45)/t22-,23+,24+,25+/m1/s1. The number of rotatable bonds is 6. The summed E-state index contributed by atoms with van der Waals surface area (Å²) < 4.78 is 10.5. The topological polar surface area (TPSA) is 218 Å². The Labute approximate surface area is 273 Å². The van der Waals surface area contributed by atoms with E-state index < -0.39 is 71.8 Å². The summed E-state index contributed by atoms with van der Waals surface area (Å²) in [7, 11) is 0. The molecule has 2 aromatic carbocycles. The van der Waals surface area contributed by atoms with E-state index in [1.54, 1.807) is 71.9 Å². The van der Waals surface area contributed by atoms with Crippen LogP contribution in [0.25, 0.3) is 11.1 Å². The van der Waals surface area contributed by atoms with E-state index in [2.05, 4.69) is 21.3 Å². The highest BCUT2D eigenvalue weighted by atomic mass is 16.6. The van der Waals surface area contributed by atoms with Gasteiger partial charge in [0.15, 0.2) is 0 Å². The molecule has 1 heterocycles. The molecule has 4 atom stereocenters. The Morgan fingerprint density at radius 1 is 0.915 bits per heavy atom. The van der Waals surface area contributed by atoms with E-state index in [-0.39, 0.29) is 25.1 Å². The Kier molecular flexibility index (Phi) is 11.8. The Bertz CT molecular complexity index is 1480. The van der Waals surface area contributed by atoms with Gasteiger partial charge in [-0.05, 0) is 75.9 Å². The first-order valence-corrected chi connectivity index (χ1v) is 15.3. The normalized spacial score (nSPS) is 19.5. The molecule has 0 saturated heterocycles. The summed E-state index contributed by atoms with van der Waals surface area (Å²) in [5, 5.41) is 31.5. The summed E-state index contributed by atoms with van der Waals surface area (Å²) in [4.78, 5) is 64.8. The van der Waals surface area contributed by atoms with Gasteiger partial charge < -0.3 is 46.7 Å². The molecule has 5 amide bonds. The fourth-order valence-corrected chi connectivity index (χ4v) is 4.79. The molecule has 0 aliphatic carbocycles. The maximum absolute atomic E-state index is 13.8. The van der Waals surface area contributed by atoms with Crippen molar-refractivity contribution in [3.63, 3.8) is 0 Å². The zero-order chi connectivity index (χ0) is 35.1. The Balaban J connectivity index is 2.01. The van der Waals surface area contributed by atoms with Gasteiger partial charge >= 0.3 is 12.2 Å². The first kappa shape index (κ1) is 36.6. The predicted molar refractivity (Wildman–Crippen MR) is 172 cm³/mol. The molecule has 1 aliphatic heterocycles. The zero-order valence-corrected chi connectivity index (χ0v) is 27.5. The molecule has 0 unspecified atom stereocenters. The molecule has 0 aromatic heterocycles. The number of hydrogen-bond donors (Lipinski definition) is 7. The SMILES string of the molecule is CC(C)(C)OC(=O)NC[C@H](O)C[C@@H]1NC(=O)[C@@H](NC(=O)OC(C)(C)C)Cc2cc(ccc2O)-c2cccc(c2)C[C@@H](C(N)=O)NC1=O. The Morgan fingerprint density at radius 3 is 2.19 bits per heavy atom. The molecule has 14 heteroatoms. The lowest BCUT2D eigenvalue weighted by Gasteiger charge is -2.27. The van der Waals surface area contributed by atoms with Crippen molar-refractivity contribution in [2.24, 2.45) is 5.73 Å². The molecule has 3 rings (SSSR count). The number of fused-ring (bicyclic) bond motifs is 5. The van der Waals surface area contributed by atoms with E-state index in [4.69, 9.17) is 15.2 Å². The number of nitrogens with two attached hydrogens (primary N) is 1. The third kappa shape index (κ3) is 11.8. The monoisotopic (exact) mass is 655 g/mol. The van der Waals surface area contributed by atoms with Crippen LogP contribution >= 0.6 is 0 Å². The third-order valence-electron chi connectivity index (χ3n) is 6.89. The Hall–Kier alpha value is -4.85. The minimum absolute atomic E-state index is 0.0199. The van der Waals surface area contributed by atoms with Gasteiger partial charge in [0.2, 0.25) is 17.7 Å². The van der Waals surface area contributed by atoms with Crippen molar-refractivity contribution in [2.75, 3.05) is 6.54 Å². The van der Waals surface area contributed by atoms with Gasteiger partial charge in [-0.25, -0.2) is 9.59 Å². The molecule has 0 radical (unpaired) electrons. The number of primary amides is 1. The highest BCUT2D eigenvalue weighted by Gasteiger charge is 2.33. The Morgan fingerprint density at radius 2 is 1.55 bits per heavy atom. The van der Waals surface area contributed by atoms with Crippen molar-refractivity contribution in [2.45, 2.75) is 96.2 Å². The second kappa shape index (κ2) is 15.2. The van der Waals surface area contributed by atoms with Crippen LogP contribution in [0, 0.1) is 0 Å². The van der Waals surface area contributed by atoms with Crippen LogP contribution in [0.15, 0.2) is 42.5 Å². The molecule has 256 valence electrons. The molecule has 8 N–H and O–H groups in total. The fraction of sp³-hybridized carbons (Fsp3) is 0.485. The number of aliphatic hydroxyl groups excluding tert-OH is 1. The van der Waals surface area contributed by atoms with Crippen LogP contribution in [0.5, 0.6) is 5.75 Å². The first-order valence-electron chi connectivity index (χ1n) is 15.3. The molecule has 47 heavy (non-hydrogen) atoms. The number of carbonyl (C=O) groups is 5. The predicted octanol–water partition coefficient (Wildman–Crippen LogP) is 1.78. The summed E-state index contributed by atoms with van der Waals surface area (Å²) >= 11 is 0. The maximum atomic E-state index is 13.8. The fourth-order valence-electron chi connectivity index (χ4n) is 4.79. The van der Waals surface area contributed by atoms with Gasteiger partial charge in [0, 0.05) is 25.8 Å². The number of aliphatic hydroxyl groups is 1. The minimum atomic E-state index is -1.46. The van der Waals surface area contributed by atoms with E-state index in [9.17, 15) is 34.2 Å². The summed E-state index contributed by atoms with van der Waals surface area (Å²) in [6, 6.07) is 7.97. The number of carbonyl (C=O) groups excluding carboxylic acids is 5. The van der Waals surface area contributed by atoms with Crippen molar-refractivity contribution >= 4 is 29.9 Å². The molecule has 0 saturated carbocycles. The van der Waals surface area contributed by atoms with Crippen LogP contribution in [0.4, 0.5) is 9.59 Å². The maximum Gasteiger partial charge on any atom is 0.408 e. The van der Waals surface area contributed by atoms with E-state index in [0.29, 0.717) is 16.7 Å². The molecule has 4 bridgehead atoms. The van der Waals surface area contributed by atoms with Gasteiger partial charge in [-0.3, -0.25) is 14.4 Å². The molecule has 1 aliphatic rings. The van der Waals surface area contributed by atoms with Gasteiger partial charge in [-0.15, -0.1) is 0 Å². The second-order valence-electron chi connectivity index (χ2n) is 13.4. The van der Waals surface area contributed by atoms with Crippen LogP contribution in [-0.4, -0.2) is 82.1 Å². The molecular formula is C33H45N5O9. The van der Waals surface area contributed by atoms with Crippen LogP contribution < -0.4 is 27.0 Å². The van der Waals surface area contributed by atoms with Crippen molar-refractivity contribution in [3.8, 4) is 16.9 Å². The van der Waals surface area contributed by atoms with Crippen LogP contribution in [0.3, 0.4) is 0 Å². The first-order chi connectivity index (χ1) is 21.8. The average molecular weight is 656 g/mol. The van der Waals surface area contributed by atoms with Gasteiger partial charge in [0.25, 0.3) is 0 Å². The number of alkyl carbamates (subject to hydrolysis) is 2. The number of aromatic hydroxyl groups is 1. The van der Waals surface area contributed by atoms with Gasteiger partial charge in [-0.1, -0.05) is 30.3 Å². The van der Waals surface area contributed by atoms with Crippen LogP contribution in [0.2, 0.25) is 0 Å². The largest absolute Gasteiger partial charge is 0.508 e. The van der Waals surface area contributed by atoms with E-state index in [1.807, 2.05) is 6.07 Å². The van der Waals surface area contributed by atoms with E-state index in [1.165, 1.54) is 6.07 Å². The number of amides is 5. The number of nitrogens with one attached hydrogen (secondary N) is 4. The van der Waals surface area contributed by atoms with Gasteiger partial charge in [-0.2, -0.15) is 0 Å². The summed E-state index contributed by atoms with van der Waals surface area (Å²) in [5.74, 6) is -2.66. The number of benzene rings is 2. The quantitative estimate of drug-likeness (QED) is 0.241. The summed E-state index contributed by atoms with van der Waals surface area (Å²) in [5.41, 5.74) is 6.36. The van der Waals surface area contributed by atoms with Crippen molar-refractivity contribution in [3.05, 3.63) is 53.6 Å². The lowest BCUT2D eigenvalue weighted by molar-refractivity contribution is -0.132. The lowest BCUT2D eigenvalue weighted by Crippen LogP contribution is -2.58. The van der Waals surface area contributed by atoms with Crippen molar-refractivity contribution in [1.82, 2.24) is 21.3 Å². The lowest BCUT2D eigenvalue weighted by atomic mass is 9.96. The van der Waals surface area contributed by atoms with E-state index >= 15 is 0 Å². The molecule has 14 nitrogen and oxygen atoms in total. The smallest absolute Gasteiger partial charge is 0.408 e. The van der Waals surface area contributed by atoms with Crippen molar-refractivity contribution in [1.29, 1.82) is 0 Å². The minimum Gasteiger partial charge on any atom is -0.508 e. The summed E-state index contributed by atoms with van der Waals surface area (Å²) in [6.07, 6.45) is -3.67. The highest BCUT2D eigenvalue weighted by molar-refractivity contribution is 5.94. The van der Waals surface area contributed by atoms with Crippen LogP contribution in [0.1, 0.15) is 59.1 Å². The number of phenols is 1. The third-order valence-corrected chi connectivity index (χ3v) is 6.89. The van der Waals surface area contributed by atoms with Gasteiger partial charge in [0.1, 0.15) is 35.1 Å². The average Bonchev–Trinajstić information content (AvgIpc) is 2.94. The van der Waals surface area contributed by atoms with Crippen molar-refractivity contribution < 1.29 is 43.7 Å². The van der Waals surface area contributed by atoms with E-state index in [0.717, 1.165) is 5.56 Å². The molecule has 0 spiro atoms. The number of phenolic OH excluding ortho intramolecular Hbond substituents is 1. The van der Waals surface area contributed by atoms with Crippen LogP contribution in [-0.2, 0) is 36.7 Å². The van der Waals surface area contributed by atoms with Gasteiger partial charge in [0.05, 0.1) is 6.10 Å². The summed E-state index contributed by atoms with van der Waals surface area (Å²) in [6.45, 7) is 9.62. The molecule has 0 fully saturated rings. The number of ether oxygens (including phenoxy) is 2. The second-order valence-corrected chi connectivity index (χ2v) is 13.4. The molecule has 2 aromatic rings.